The Balaban J connectivity index is 1.66. The standard InChI is InChI=1S/C16H13FN6O3/c17-12-6-10(3-4-14(12)26-11-2-1-5-19-8-11)7-20-16-21-9-13(23(24)25)15(18)22-16/h1-6,8-9H,7H2,(H3,18,20,21,22). The zero-order valence-corrected chi connectivity index (χ0v) is 13.3. The van der Waals surface area contributed by atoms with Crippen LogP contribution < -0.4 is 15.8 Å². The molecular formula is C16H13FN6O3. The zero-order chi connectivity index (χ0) is 18.5. The van der Waals surface area contributed by atoms with Crippen LogP contribution in [-0.4, -0.2) is 19.9 Å². The molecule has 1 aromatic carbocycles. The second-order valence-corrected chi connectivity index (χ2v) is 5.13. The van der Waals surface area contributed by atoms with E-state index in [1.807, 2.05) is 0 Å². The third kappa shape index (κ3) is 3.98. The van der Waals surface area contributed by atoms with Crippen molar-refractivity contribution in [1.29, 1.82) is 0 Å². The maximum Gasteiger partial charge on any atom is 0.329 e. The summed E-state index contributed by atoms with van der Waals surface area (Å²) in [4.78, 5) is 21.5. The van der Waals surface area contributed by atoms with Gasteiger partial charge in [0, 0.05) is 12.7 Å². The number of halogens is 1. The Morgan fingerprint density at radius 2 is 2.15 bits per heavy atom. The topological polar surface area (TPSA) is 129 Å². The SMILES string of the molecule is Nc1nc(NCc2ccc(Oc3cccnc3)c(F)c2)ncc1[N+](=O)[O-]. The van der Waals surface area contributed by atoms with Crippen LogP contribution in [0.1, 0.15) is 5.56 Å². The lowest BCUT2D eigenvalue weighted by atomic mass is 10.2. The van der Waals surface area contributed by atoms with Gasteiger partial charge in [-0.2, -0.15) is 4.98 Å². The number of hydrogen-bond donors (Lipinski definition) is 2. The monoisotopic (exact) mass is 356 g/mol. The molecule has 2 aromatic heterocycles. The average Bonchev–Trinajstić information content (AvgIpc) is 2.62. The smallest absolute Gasteiger partial charge is 0.329 e. The summed E-state index contributed by atoms with van der Waals surface area (Å²) in [6.07, 6.45) is 4.08. The first-order valence-corrected chi connectivity index (χ1v) is 7.40. The van der Waals surface area contributed by atoms with Crippen LogP contribution >= 0.6 is 0 Å². The molecule has 0 aliphatic heterocycles. The number of anilines is 2. The van der Waals surface area contributed by atoms with E-state index < -0.39 is 10.7 Å². The van der Waals surface area contributed by atoms with Crippen LogP contribution in [-0.2, 0) is 6.54 Å². The highest BCUT2D eigenvalue weighted by Crippen LogP contribution is 2.25. The summed E-state index contributed by atoms with van der Waals surface area (Å²) in [5, 5.41) is 13.5. The third-order valence-corrected chi connectivity index (χ3v) is 3.30. The van der Waals surface area contributed by atoms with Crippen molar-refractivity contribution in [3.63, 3.8) is 0 Å². The molecule has 0 radical (unpaired) electrons. The maximum atomic E-state index is 14.2. The Bertz CT molecular complexity index is 939. The molecule has 0 unspecified atom stereocenters. The van der Waals surface area contributed by atoms with Gasteiger partial charge in [-0.15, -0.1) is 0 Å². The van der Waals surface area contributed by atoms with E-state index in [0.717, 1.165) is 6.20 Å². The van der Waals surface area contributed by atoms with Gasteiger partial charge in [-0.3, -0.25) is 15.1 Å². The molecule has 10 heteroatoms. The van der Waals surface area contributed by atoms with E-state index in [-0.39, 0.29) is 29.7 Å². The summed E-state index contributed by atoms with van der Waals surface area (Å²) in [6, 6.07) is 7.80. The first-order valence-electron chi connectivity index (χ1n) is 7.40. The number of pyridine rings is 1. The maximum absolute atomic E-state index is 14.2. The van der Waals surface area contributed by atoms with Crippen LogP contribution in [0.3, 0.4) is 0 Å². The molecule has 2 heterocycles. The number of nitro groups is 1. The molecule has 0 spiro atoms. The van der Waals surface area contributed by atoms with E-state index in [0.29, 0.717) is 11.3 Å². The molecule has 0 aliphatic rings. The van der Waals surface area contributed by atoms with Gasteiger partial charge in [-0.05, 0) is 29.8 Å². The van der Waals surface area contributed by atoms with Crippen LogP contribution in [0.25, 0.3) is 0 Å². The lowest BCUT2D eigenvalue weighted by Gasteiger charge is -2.09. The number of benzene rings is 1. The predicted molar refractivity (Wildman–Crippen MR) is 91.1 cm³/mol. The second-order valence-electron chi connectivity index (χ2n) is 5.13. The Labute approximate surface area is 146 Å². The quantitative estimate of drug-likeness (QED) is 0.509. The molecule has 3 N–H and O–H groups in total. The summed E-state index contributed by atoms with van der Waals surface area (Å²) in [5.41, 5.74) is 5.72. The summed E-state index contributed by atoms with van der Waals surface area (Å²) >= 11 is 0. The Morgan fingerprint density at radius 1 is 1.31 bits per heavy atom. The molecule has 0 atom stereocenters. The van der Waals surface area contributed by atoms with Gasteiger partial charge in [-0.25, -0.2) is 9.37 Å². The van der Waals surface area contributed by atoms with Crippen molar-refractivity contribution in [3.05, 3.63) is 70.4 Å². The lowest BCUT2D eigenvalue weighted by Crippen LogP contribution is -2.07. The minimum Gasteiger partial charge on any atom is -0.453 e. The van der Waals surface area contributed by atoms with Gasteiger partial charge in [0.2, 0.25) is 11.8 Å². The molecular weight excluding hydrogens is 343 g/mol. The van der Waals surface area contributed by atoms with Crippen molar-refractivity contribution in [1.82, 2.24) is 15.0 Å². The van der Waals surface area contributed by atoms with Crippen LogP contribution in [0.2, 0.25) is 0 Å². The number of ether oxygens (including phenoxy) is 1. The number of hydrogen-bond acceptors (Lipinski definition) is 8. The molecule has 3 aromatic rings. The summed E-state index contributed by atoms with van der Waals surface area (Å²) < 4.78 is 19.6. The molecule has 0 amide bonds. The molecule has 0 fully saturated rings. The molecule has 3 rings (SSSR count). The minimum absolute atomic E-state index is 0.0672. The van der Waals surface area contributed by atoms with Crippen molar-refractivity contribution in [2.75, 3.05) is 11.1 Å². The number of rotatable bonds is 6. The van der Waals surface area contributed by atoms with Gasteiger partial charge < -0.3 is 15.8 Å². The van der Waals surface area contributed by atoms with Gasteiger partial charge in [0.1, 0.15) is 11.9 Å². The van der Waals surface area contributed by atoms with Crippen molar-refractivity contribution in [2.45, 2.75) is 6.54 Å². The van der Waals surface area contributed by atoms with Crippen molar-refractivity contribution < 1.29 is 14.1 Å². The number of nitrogens with one attached hydrogen (secondary N) is 1. The van der Waals surface area contributed by atoms with E-state index in [1.165, 1.54) is 18.3 Å². The zero-order valence-electron chi connectivity index (χ0n) is 13.3. The molecule has 0 bridgehead atoms. The van der Waals surface area contributed by atoms with Gasteiger partial charge in [0.25, 0.3) is 0 Å². The third-order valence-electron chi connectivity index (χ3n) is 3.30. The van der Waals surface area contributed by atoms with Gasteiger partial charge in [0.15, 0.2) is 11.6 Å². The first kappa shape index (κ1) is 17.0. The number of nitrogen functional groups attached to an aromatic ring is 1. The fraction of sp³-hybridized carbons (Fsp3) is 0.0625. The molecule has 26 heavy (non-hydrogen) atoms. The van der Waals surface area contributed by atoms with Gasteiger partial charge >= 0.3 is 5.69 Å². The Morgan fingerprint density at radius 3 is 2.81 bits per heavy atom. The Kier molecular flexibility index (Phi) is 4.83. The highest BCUT2D eigenvalue weighted by Gasteiger charge is 2.14. The van der Waals surface area contributed by atoms with E-state index in [1.54, 1.807) is 24.4 Å². The Hall–Kier alpha value is -3.82. The summed E-state index contributed by atoms with van der Waals surface area (Å²) in [6.45, 7) is 0.196. The van der Waals surface area contributed by atoms with Crippen molar-refractivity contribution >= 4 is 17.5 Å². The number of nitrogens with two attached hydrogens (primary N) is 1. The van der Waals surface area contributed by atoms with Crippen LogP contribution in [0.5, 0.6) is 11.5 Å². The van der Waals surface area contributed by atoms with Crippen LogP contribution in [0.15, 0.2) is 48.9 Å². The van der Waals surface area contributed by atoms with E-state index in [2.05, 4.69) is 20.3 Å². The molecule has 0 aliphatic carbocycles. The normalized spacial score (nSPS) is 10.3. The highest BCUT2D eigenvalue weighted by molar-refractivity contribution is 5.53. The van der Waals surface area contributed by atoms with Crippen molar-refractivity contribution in [3.8, 4) is 11.5 Å². The first-order chi connectivity index (χ1) is 12.5. The second kappa shape index (κ2) is 7.38. The summed E-state index contributed by atoms with van der Waals surface area (Å²) in [7, 11) is 0. The minimum atomic E-state index is -0.671. The molecule has 0 saturated heterocycles. The molecule has 9 nitrogen and oxygen atoms in total. The van der Waals surface area contributed by atoms with Gasteiger partial charge in [0.05, 0.1) is 11.1 Å². The highest BCUT2D eigenvalue weighted by atomic mass is 19.1. The fourth-order valence-corrected chi connectivity index (χ4v) is 2.07. The van der Waals surface area contributed by atoms with Crippen LogP contribution in [0, 0.1) is 15.9 Å². The average molecular weight is 356 g/mol. The predicted octanol–water partition coefficient (Wildman–Crippen LogP) is 2.91. The molecule has 0 saturated carbocycles. The van der Waals surface area contributed by atoms with E-state index >= 15 is 0 Å². The van der Waals surface area contributed by atoms with Gasteiger partial charge in [-0.1, -0.05) is 6.07 Å². The van der Waals surface area contributed by atoms with E-state index in [4.69, 9.17) is 10.5 Å². The number of nitrogens with zero attached hydrogens (tertiary/aromatic N) is 4. The molecule has 132 valence electrons. The largest absolute Gasteiger partial charge is 0.453 e. The summed E-state index contributed by atoms with van der Waals surface area (Å²) in [5.74, 6) is -0.204. The number of aromatic nitrogens is 3. The van der Waals surface area contributed by atoms with Crippen LogP contribution in [0.4, 0.5) is 21.8 Å². The fourth-order valence-electron chi connectivity index (χ4n) is 2.07. The van der Waals surface area contributed by atoms with E-state index in [9.17, 15) is 14.5 Å². The lowest BCUT2D eigenvalue weighted by molar-refractivity contribution is -0.384. The van der Waals surface area contributed by atoms with Crippen molar-refractivity contribution in [2.24, 2.45) is 0 Å².